The van der Waals surface area contributed by atoms with E-state index in [1.54, 1.807) is 6.73 Å². The van der Waals surface area contributed by atoms with E-state index in [4.69, 9.17) is 4.74 Å². The van der Waals surface area contributed by atoms with Crippen LogP contribution < -0.4 is 10.6 Å². The molecule has 2 rings (SSSR count). The predicted octanol–water partition coefficient (Wildman–Crippen LogP) is 0.238. The van der Waals surface area contributed by atoms with Crippen LogP contribution in [0.4, 0.5) is 0 Å². The summed E-state index contributed by atoms with van der Waals surface area (Å²) in [6, 6.07) is 0. The molecule has 3 heteroatoms. The molecule has 2 saturated heterocycles. The molecular formula is C8H15N2O. The molecule has 2 aliphatic rings. The summed E-state index contributed by atoms with van der Waals surface area (Å²) in [5.74, 6) is 0. The topological polar surface area (TPSA) is 33.3 Å². The zero-order valence-electron chi connectivity index (χ0n) is 6.73. The summed E-state index contributed by atoms with van der Waals surface area (Å²) in [6.45, 7) is 5.04. The summed E-state index contributed by atoms with van der Waals surface area (Å²) in [4.78, 5) is 0. The van der Waals surface area contributed by atoms with E-state index in [1.807, 2.05) is 0 Å². The predicted molar refractivity (Wildman–Crippen MR) is 42.8 cm³/mol. The van der Waals surface area contributed by atoms with Gasteiger partial charge in [-0.3, -0.25) is 5.32 Å². The van der Waals surface area contributed by atoms with Crippen molar-refractivity contribution >= 4 is 0 Å². The number of hydrogen-bond donors (Lipinski definition) is 2. The maximum Gasteiger partial charge on any atom is 0.148 e. The van der Waals surface area contributed by atoms with Crippen LogP contribution >= 0.6 is 0 Å². The van der Waals surface area contributed by atoms with Gasteiger partial charge in [0.1, 0.15) is 6.73 Å². The Kier molecular flexibility index (Phi) is 2.11. The molecule has 1 radical (unpaired) electrons. The van der Waals surface area contributed by atoms with Crippen LogP contribution in [0.3, 0.4) is 0 Å². The number of hydrogen-bond acceptors (Lipinski definition) is 3. The third-order valence-corrected chi connectivity index (χ3v) is 2.63. The first kappa shape index (κ1) is 7.53. The highest BCUT2D eigenvalue weighted by molar-refractivity contribution is 4.90. The van der Waals surface area contributed by atoms with Gasteiger partial charge in [0, 0.05) is 6.54 Å². The van der Waals surface area contributed by atoms with Crippen molar-refractivity contribution in [2.45, 2.75) is 24.9 Å². The lowest BCUT2D eigenvalue weighted by Crippen LogP contribution is -2.48. The minimum Gasteiger partial charge on any atom is -0.353 e. The summed E-state index contributed by atoms with van der Waals surface area (Å²) in [7, 11) is 0. The molecule has 0 bridgehead atoms. The highest BCUT2D eigenvalue weighted by Gasteiger charge is 2.34. The SMILES string of the molecule is [CH]1NCCC2(CCNCC2)O1. The number of rotatable bonds is 0. The Bertz CT molecular complexity index is 107. The first-order valence-corrected chi connectivity index (χ1v) is 4.35. The molecule has 11 heavy (non-hydrogen) atoms. The minimum atomic E-state index is 0.177. The Hall–Kier alpha value is -0.120. The molecule has 2 N–H and O–H groups in total. The normalized spacial score (nSPS) is 30.5. The van der Waals surface area contributed by atoms with Crippen LogP contribution in [0.2, 0.25) is 0 Å². The fraction of sp³-hybridized carbons (Fsp3) is 0.875. The molecule has 0 saturated carbocycles. The number of ether oxygens (including phenoxy) is 1. The van der Waals surface area contributed by atoms with Gasteiger partial charge in [-0.05, 0) is 32.4 Å². The monoisotopic (exact) mass is 155 g/mol. The molecule has 0 aromatic carbocycles. The number of nitrogens with one attached hydrogen (secondary N) is 2. The minimum absolute atomic E-state index is 0.177. The van der Waals surface area contributed by atoms with Crippen molar-refractivity contribution in [1.82, 2.24) is 10.6 Å². The highest BCUT2D eigenvalue weighted by Crippen LogP contribution is 2.29. The van der Waals surface area contributed by atoms with E-state index in [9.17, 15) is 0 Å². The Morgan fingerprint density at radius 1 is 1.09 bits per heavy atom. The van der Waals surface area contributed by atoms with Gasteiger partial charge in [-0.2, -0.15) is 0 Å². The molecular weight excluding hydrogens is 140 g/mol. The van der Waals surface area contributed by atoms with E-state index in [1.165, 1.54) is 0 Å². The summed E-state index contributed by atoms with van der Waals surface area (Å²) >= 11 is 0. The van der Waals surface area contributed by atoms with E-state index in [2.05, 4.69) is 10.6 Å². The molecule has 0 aliphatic carbocycles. The van der Waals surface area contributed by atoms with Crippen LogP contribution in [0.25, 0.3) is 0 Å². The maximum atomic E-state index is 5.63. The third kappa shape index (κ3) is 1.55. The fourth-order valence-corrected chi connectivity index (χ4v) is 1.83. The molecule has 0 aromatic rings. The smallest absolute Gasteiger partial charge is 0.148 e. The Morgan fingerprint density at radius 3 is 2.45 bits per heavy atom. The molecule has 3 nitrogen and oxygen atoms in total. The highest BCUT2D eigenvalue weighted by atomic mass is 16.5. The second-order valence-corrected chi connectivity index (χ2v) is 3.37. The molecule has 1 spiro atoms. The zero-order chi connectivity index (χ0) is 7.57. The fourth-order valence-electron chi connectivity index (χ4n) is 1.83. The largest absolute Gasteiger partial charge is 0.353 e. The molecule has 2 fully saturated rings. The van der Waals surface area contributed by atoms with Gasteiger partial charge in [0.2, 0.25) is 0 Å². The van der Waals surface area contributed by atoms with E-state index in [0.717, 1.165) is 38.9 Å². The van der Waals surface area contributed by atoms with E-state index >= 15 is 0 Å². The van der Waals surface area contributed by atoms with Gasteiger partial charge in [0.05, 0.1) is 5.60 Å². The van der Waals surface area contributed by atoms with Crippen molar-refractivity contribution in [1.29, 1.82) is 0 Å². The van der Waals surface area contributed by atoms with Crippen LogP contribution in [0.15, 0.2) is 0 Å². The summed E-state index contributed by atoms with van der Waals surface area (Å²) in [5, 5.41) is 6.43. The van der Waals surface area contributed by atoms with Crippen molar-refractivity contribution < 1.29 is 4.74 Å². The molecule has 2 heterocycles. The van der Waals surface area contributed by atoms with Gasteiger partial charge < -0.3 is 10.1 Å². The standard InChI is InChI=1S/C8H15N2O/c1-4-9-5-2-8(1)3-6-10-7-11-8/h7,9-10H,1-6H2. The second kappa shape index (κ2) is 3.09. The molecule has 0 atom stereocenters. The van der Waals surface area contributed by atoms with Crippen LogP contribution in [0, 0.1) is 6.73 Å². The maximum absolute atomic E-state index is 5.63. The molecule has 0 unspecified atom stereocenters. The van der Waals surface area contributed by atoms with Gasteiger partial charge in [-0.25, -0.2) is 0 Å². The summed E-state index contributed by atoms with van der Waals surface area (Å²) in [6.07, 6.45) is 3.47. The van der Waals surface area contributed by atoms with Crippen LogP contribution in [-0.2, 0) is 4.74 Å². The van der Waals surface area contributed by atoms with E-state index in [0.29, 0.717) is 0 Å². The average Bonchev–Trinajstić information content (AvgIpc) is 2.07. The van der Waals surface area contributed by atoms with Gasteiger partial charge >= 0.3 is 0 Å². The van der Waals surface area contributed by atoms with Crippen molar-refractivity contribution in [3.05, 3.63) is 6.73 Å². The van der Waals surface area contributed by atoms with Crippen LogP contribution in [0.5, 0.6) is 0 Å². The lowest BCUT2D eigenvalue weighted by molar-refractivity contribution is -0.0638. The van der Waals surface area contributed by atoms with Gasteiger partial charge in [-0.15, -0.1) is 0 Å². The van der Waals surface area contributed by atoms with Gasteiger partial charge in [0.25, 0.3) is 0 Å². The molecule has 0 aromatic heterocycles. The third-order valence-electron chi connectivity index (χ3n) is 2.63. The zero-order valence-corrected chi connectivity index (χ0v) is 6.73. The van der Waals surface area contributed by atoms with Crippen molar-refractivity contribution in [3.8, 4) is 0 Å². The Balaban J connectivity index is 1.94. The lowest BCUT2D eigenvalue weighted by atomic mass is 9.88. The van der Waals surface area contributed by atoms with E-state index in [-0.39, 0.29) is 5.60 Å². The number of piperidine rings is 1. The Labute approximate surface area is 67.5 Å². The first-order chi connectivity index (χ1) is 5.41. The van der Waals surface area contributed by atoms with Crippen molar-refractivity contribution in [3.63, 3.8) is 0 Å². The molecule has 0 amide bonds. The molecule has 2 aliphatic heterocycles. The van der Waals surface area contributed by atoms with Crippen LogP contribution in [0.1, 0.15) is 19.3 Å². The average molecular weight is 155 g/mol. The van der Waals surface area contributed by atoms with Gasteiger partial charge in [0.15, 0.2) is 0 Å². The summed E-state index contributed by atoms with van der Waals surface area (Å²) in [5.41, 5.74) is 0.177. The van der Waals surface area contributed by atoms with Crippen molar-refractivity contribution in [2.24, 2.45) is 0 Å². The quantitative estimate of drug-likeness (QED) is 0.525. The van der Waals surface area contributed by atoms with Crippen LogP contribution in [-0.4, -0.2) is 25.2 Å². The first-order valence-electron chi connectivity index (χ1n) is 4.35. The molecule has 63 valence electrons. The van der Waals surface area contributed by atoms with Crippen molar-refractivity contribution in [2.75, 3.05) is 19.6 Å². The van der Waals surface area contributed by atoms with Gasteiger partial charge in [-0.1, -0.05) is 0 Å². The lowest BCUT2D eigenvalue weighted by Gasteiger charge is -2.40. The summed E-state index contributed by atoms with van der Waals surface area (Å²) < 4.78 is 5.63. The Morgan fingerprint density at radius 2 is 1.82 bits per heavy atom. The second-order valence-electron chi connectivity index (χ2n) is 3.37. The van der Waals surface area contributed by atoms with E-state index < -0.39 is 0 Å².